The van der Waals surface area contributed by atoms with E-state index >= 15 is 0 Å². The summed E-state index contributed by atoms with van der Waals surface area (Å²) in [5, 5.41) is 54.4. The van der Waals surface area contributed by atoms with Gasteiger partial charge in [-0.25, -0.2) is 13.2 Å². The van der Waals surface area contributed by atoms with Gasteiger partial charge < -0.3 is 31.3 Å². The summed E-state index contributed by atoms with van der Waals surface area (Å²) in [6, 6.07) is 14.4. The third-order valence-electron chi connectivity index (χ3n) is 10.3. The van der Waals surface area contributed by atoms with Crippen LogP contribution in [0.15, 0.2) is 72.8 Å². The number of nitrogens with one attached hydrogen (secondary N) is 6. The summed E-state index contributed by atoms with van der Waals surface area (Å²) in [6.07, 6.45) is -18.8. The molecule has 9 N–H and O–H groups in total. The molecule has 0 aliphatic carbocycles. The monoisotopic (exact) mass is 945 g/mol. The van der Waals surface area contributed by atoms with Crippen LogP contribution in [0.3, 0.4) is 0 Å². The molecule has 0 saturated heterocycles. The van der Waals surface area contributed by atoms with E-state index in [4.69, 9.17) is 0 Å². The summed E-state index contributed by atoms with van der Waals surface area (Å²) in [7, 11) is 0. The second-order valence-electron chi connectivity index (χ2n) is 14.7. The van der Waals surface area contributed by atoms with Gasteiger partial charge in [0.1, 0.15) is 17.5 Å². The number of amides is 3. The van der Waals surface area contributed by atoms with Crippen LogP contribution in [0, 0.1) is 17.5 Å². The highest BCUT2D eigenvalue weighted by Crippen LogP contribution is 2.52. The Labute approximate surface area is 359 Å². The van der Waals surface area contributed by atoms with Crippen molar-refractivity contribution in [2.24, 2.45) is 0 Å². The molecule has 6 aromatic rings. The number of aromatic amines is 3. The van der Waals surface area contributed by atoms with Crippen LogP contribution < -0.4 is 16.0 Å². The molecule has 0 radical (unpaired) electrons. The number of hydrogen-bond donors (Lipinski definition) is 9. The Morgan fingerprint density at radius 1 is 0.439 bits per heavy atom. The van der Waals surface area contributed by atoms with Crippen LogP contribution in [-0.4, -0.2) is 82.2 Å². The van der Waals surface area contributed by atoms with E-state index in [-0.39, 0.29) is 33.8 Å². The number of fused-ring (bicyclic) bond motifs is 3. The maximum atomic E-state index is 13.3. The molecule has 27 heteroatoms. The Balaban J connectivity index is 0.000000147. The van der Waals surface area contributed by atoms with E-state index in [1.54, 1.807) is 0 Å². The third-order valence-corrected chi connectivity index (χ3v) is 10.3. The topological polar surface area (TPSA) is 234 Å². The number of benzene rings is 3. The van der Waals surface area contributed by atoms with Crippen LogP contribution in [0.1, 0.15) is 36.0 Å². The zero-order valence-corrected chi connectivity index (χ0v) is 32.5. The van der Waals surface area contributed by atoms with Gasteiger partial charge >= 0.3 is 18.5 Å². The zero-order valence-electron chi connectivity index (χ0n) is 32.5. The predicted molar refractivity (Wildman–Crippen MR) is 202 cm³/mol. The summed E-state index contributed by atoms with van der Waals surface area (Å²) in [5.74, 6) is -6.26. The molecule has 0 bridgehead atoms. The molecular weight excluding hydrogens is 918 g/mol. The zero-order chi connectivity index (χ0) is 48.4. The first-order valence-corrected chi connectivity index (χ1v) is 18.5. The van der Waals surface area contributed by atoms with E-state index in [1.165, 1.54) is 36.4 Å². The first kappa shape index (κ1) is 46.7. The SMILES string of the molecule is O=C1CC(O)(C(F)(F)F)c2c(n[nH]c2-c2cccc(F)c2)N1.O=C1CC(O)(C(F)(F)F)c2c(n[nH]c2-c2cccc(F)c2)N1.O=C1CC(O)(C(F)(F)F)c2c(n[nH]c2-c2cccc(F)c2)N1. The maximum absolute atomic E-state index is 13.3. The molecule has 3 aliphatic rings. The molecule has 348 valence electrons. The Hall–Kier alpha value is -7.26. The van der Waals surface area contributed by atoms with Gasteiger partial charge in [-0.2, -0.15) is 54.8 Å². The van der Waals surface area contributed by atoms with E-state index in [0.29, 0.717) is 0 Å². The van der Waals surface area contributed by atoms with Gasteiger partial charge in [0.05, 0.1) is 53.0 Å². The van der Waals surface area contributed by atoms with Crippen LogP contribution in [-0.2, 0) is 31.2 Å². The molecular formula is C39H27F12N9O6. The quantitative estimate of drug-likeness (QED) is 0.0837. The summed E-state index contributed by atoms with van der Waals surface area (Å²) in [4.78, 5) is 34.2. The number of anilines is 3. The van der Waals surface area contributed by atoms with Gasteiger partial charge in [-0.3, -0.25) is 29.7 Å². The van der Waals surface area contributed by atoms with Crippen molar-refractivity contribution in [3.05, 3.63) is 107 Å². The van der Waals surface area contributed by atoms with E-state index in [0.717, 1.165) is 36.4 Å². The number of carbonyl (C=O) groups excluding carboxylic acids is 3. The summed E-state index contributed by atoms with van der Waals surface area (Å²) >= 11 is 0. The number of rotatable bonds is 3. The normalized spacial score (nSPS) is 21.4. The Kier molecular flexibility index (Phi) is 11.6. The van der Waals surface area contributed by atoms with Crippen molar-refractivity contribution in [3.8, 4) is 33.8 Å². The number of aliphatic hydroxyl groups is 3. The van der Waals surface area contributed by atoms with Crippen molar-refractivity contribution < 1.29 is 82.4 Å². The van der Waals surface area contributed by atoms with Crippen LogP contribution in [0.5, 0.6) is 0 Å². The molecule has 3 aromatic heterocycles. The molecule has 0 spiro atoms. The molecule has 3 aliphatic heterocycles. The number of nitrogens with zero attached hydrogens (tertiary/aromatic N) is 3. The van der Waals surface area contributed by atoms with Crippen molar-refractivity contribution >= 4 is 35.2 Å². The minimum Gasteiger partial charge on any atom is -0.376 e. The van der Waals surface area contributed by atoms with Gasteiger partial charge in [0, 0.05) is 16.7 Å². The van der Waals surface area contributed by atoms with Gasteiger partial charge in [0.15, 0.2) is 34.3 Å². The average Bonchev–Trinajstić information content (AvgIpc) is 3.95. The summed E-state index contributed by atoms with van der Waals surface area (Å²) in [5.41, 5.74) is -12.4. The lowest BCUT2D eigenvalue weighted by molar-refractivity contribution is -0.267. The molecule has 3 amide bonds. The molecule has 0 saturated carbocycles. The van der Waals surface area contributed by atoms with Gasteiger partial charge in [0.25, 0.3) is 0 Å². The highest BCUT2D eigenvalue weighted by atomic mass is 19.4. The summed E-state index contributed by atoms with van der Waals surface area (Å²) < 4.78 is 159. The van der Waals surface area contributed by atoms with Crippen molar-refractivity contribution in [2.45, 2.75) is 54.6 Å². The largest absolute Gasteiger partial charge is 0.422 e. The molecule has 3 unspecified atom stereocenters. The van der Waals surface area contributed by atoms with E-state index in [1.807, 2.05) is 0 Å². The van der Waals surface area contributed by atoms with Crippen LogP contribution in [0.25, 0.3) is 33.8 Å². The predicted octanol–water partition coefficient (Wildman–Crippen LogP) is 6.92. The lowest BCUT2D eigenvalue weighted by Crippen LogP contribution is -2.48. The fourth-order valence-electron chi connectivity index (χ4n) is 7.28. The third kappa shape index (κ3) is 8.30. The van der Waals surface area contributed by atoms with E-state index in [9.17, 15) is 82.4 Å². The van der Waals surface area contributed by atoms with E-state index in [2.05, 4.69) is 46.5 Å². The van der Waals surface area contributed by atoms with Crippen molar-refractivity contribution in [3.63, 3.8) is 0 Å². The Morgan fingerprint density at radius 2 is 0.682 bits per heavy atom. The van der Waals surface area contributed by atoms with E-state index < -0.39 is 124 Å². The van der Waals surface area contributed by atoms with Gasteiger partial charge in [-0.1, -0.05) is 36.4 Å². The van der Waals surface area contributed by atoms with Crippen LogP contribution in [0.4, 0.5) is 70.1 Å². The van der Waals surface area contributed by atoms with Crippen LogP contribution in [0.2, 0.25) is 0 Å². The van der Waals surface area contributed by atoms with Crippen molar-refractivity contribution in [1.29, 1.82) is 0 Å². The highest BCUT2D eigenvalue weighted by Gasteiger charge is 2.63. The average molecular weight is 946 g/mol. The lowest BCUT2D eigenvalue weighted by Gasteiger charge is -2.33. The Morgan fingerprint density at radius 3 is 0.894 bits per heavy atom. The number of H-pyrrole nitrogens is 3. The standard InChI is InChI=1S/3C13H9F4N3O2/c3*14-7-3-1-2-6(4-7)10-9-11(20-19-10)18-8(21)5-12(9,22)13(15,16)17/h3*1-4,22H,5H2,(H2,18,19,20,21). The molecule has 15 nitrogen and oxygen atoms in total. The minimum atomic E-state index is -5.09. The fourth-order valence-corrected chi connectivity index (χ4v) is 7.28. The number of aromatic nitrogens is 6. The second-order valence-corrected chi connectivity index (χ2v) is 14.7. The smallest absolute Gasteiger partial charge is 0.376 e. The van der Waals surface area contributed by atoms with Gasteiger partial charge in [-0.05, 0) is 36.4 Å². The summed E-state index contributed by atoms with van der Waals surface area (Å²) in [6.45, 7) is 0. The molecule has 9 rings (SSSR count). The fraction of sp³-hybridized carbons (Fsp3) is 0.231. The lowest BCUT2D eigenvalue weighted by atomic mass is 9.85. The van der Waals surface area contributed by atoms with Crippen molar-refractivity contribution in [1.82, 2.24) is 30.6 Å². The number of alkyl halides is 9. The molecule has 3 aromatic carbocycles. The van der Waals surface area contributed by atoms with Crippen LogP contribution >= 0.6 is 0 Å². The Bertz CT molecular complexity index is 2570. The van der Waals surface area contributed by atoms with Gasteiger partial charge in [0.2, 0.25) is 17.7 Å². The first-order chi connectivity index (χ1) is 30.7. The first-order valence-electron chi connectivity index (χ1n) is 18.5. The molecule has 66 heavy (non-hydrogen) atoms. The molecule has 0 fully saturated rings. The minimum absolute atomic E-state index is 0.0765. The maximum Gasteiger partial charge on any atom is 0.422 e. The molecule has 6 heterocycles. The number of hydrogen-bond acceptors (Lipinski definition) is 9. The number of carbonyl (C=O) groups is 3. The van der Waals surface area contributed by atoms with Gasteiger partial charge in [-0.15, -0.1) is 0 Å². The number of halogens is 12. The molecule has 3 atom stereocenters. The highest BCUT2D eigenvalue weighted by molar-refractivity contribution is 5.97. The van der Waals surface area contributed by atoms with Crippen molar-refractivity contribution in [2.75, 3.05) is 16.0 Å². The second kappa shape index (κ2) is 16.3.